The van der Waals surface area contributed by atoms with Crippen molar-refractivity contribution in [3.8, 4) is 22.4 Å². The Kier molecular flexibility index (Phi) is 4.83. The zero-order chi connectivity index (χ0) is 25.7. The SMILES string of the molecule is [2H]C([2H])(c1cc[n+](C)c(-c2c(C)ccc3c2oc2c(-c4ccccc4)c([N+]#[C-])ccc23)c1)C1CCCC1. The molecule has 0 amide bonds. The van der Waals surface area contributed by atoms with Crippen LogP contribution in [-0.2, 0) is 13.4 Å². The van der Waals surface area contributed by atoms with Crippen LogP contribution >= 0.6 is 0 Å². The maximum absolute atomic E-state index is 8.97. The third-order valence-corrected chi connectivity index (χ3v) is 7.31. The lowest BCUT2D eigenvalue weighted by Gasteiger charge is -2.11. The Morgan fingerprint density at radius 3 is 2.43 bits per heavy atom. The van der Waals surface area contributed by atoms with Crippen LogP contribution in [0.4, 0.5) is 5.69 Å². The summed E-state index contributed by atoms with van der Waals surface area (Å²) in [6.45, 7) is 9.85. The molecule has 0 N–H and O–H groups in total. The van der Waals surface area contributed by atoms with Crippen molar-refractivity contribution in [3.63, 3.8) is 0 Å². The highest BCUT2D eigenvalue weighted by atomic mass is 16.3. The number of pyridine rings is 1. The maximum atomic E-state index is 8.97. The number of aromatic nitrogens is 1. The van der Waals surface area contributed by atoms with Crippen molar-refractivity contribution >= 4 is 27.6 Å². The Morgan fingerprint density at radius 2 is 1.69 bits per heavy atom. The molecule has 0 aliphatic heterocycles. The van der Waals surface area contributed by atoms with Crippen molar-refractivity contribution in [3.05, 3.63) is 95.5 Å². The minimum Gasteiger partial charge on any atom is -0.456 e. The van der Waals surface area contributed by atoms with Gasteiger partial charge in [-0.05, 0) is 35.9 Å². The van der Waals surface area contributed by atoms with E-state index in [1.807, 2.05) is 72.4 Å². The fraction of sp³-hybridized carbons (Fsp3) is 0.250. The molecule has 172 valence electrons. The van der Waals surface area contributed by atoms with Gasteiger partial charge in [0, 0.05) is 31.2 Å². The lowest BCUT2D eigenvalue weighted by Crippen LogP contribution is -2.31. The summed E-state index contributed by atoms with van der Waals surface area (Å²) >= 11 is 0. The molecule has 1 saturated carbocycles. The van der Waals surface area contributed by atoms with Crippen LogP contribution in [0.2, 0.25) is 0 Å². The first-order valence-corrected chi connectivity index (χ1v) is 12.3. The Bertz CT molecular complexity index is 1690. The number of furan rings is 1. The number of aryl methyl sites for hydroxylation is 2. The summed E-state index contributed by atoms with van der Waals surface area (Å²) < 4.78 is 26.7. The van der Waals surface area contributed by atoms with Gasteiger partial charge in [0.25, 0.3) is 0 Å². The van der Waals surface area contributed by atoms with E-state index in [0.29, 0.717) is 11.3 Å². The second kappa shape index (κ2) is 8.71. The molecule has 0 bridgehead atoms. The average Bonchev–Trinajstić information content (AvgIpc) is 3.58. The summed E-state index contributed by atoms with van der Waals surface area (Å²) in [7, 11) is 2.00. The first kappa shape index (κ1) is 19.4. The van der Waals surface area contributed by atoms with Gasteiger partial charge in [-0.1, -0.05) is 80.3 Å². The first-order chi connectivity index (χ1) is 17.9. The fourth-order valence-electron chi connectivity index (χ4n) is 5.50. The zero-order valence-electron chi connectivity index (χ0n) is 22.1. The predicted octanol–water partition coefficient (Wildman–Crippen LogP) is 8.34. The molecule has 0 atom stereocenters. The number of hydrogen-bond donors (Lipinski definition) is 0. The Hall–Kier alpha value is -3.90. The highest BCUT2D eigenvalue weighted by molar-refractivity contribution is 6.15. The van der Waals surface area contributed by atoms with Crippen LogP contribution in [0.15, 0.2) is 77.3 Å². The smallest absolute Gasteiger partial charge is 0.216 e. The standard InChI is InChI=1S/C32H29N2O/c1-21-13-14-25-26-15-16-27(33-2)30(24-11-5-4-6-12-24)32(26)35-31(25)29(21)28-20-23(17-18-34(28)3)19-22-9-7-8-10-22/h4-6,11-18,20,22H,7-10,19H2,1,3H3/q+1/i19D2. The van der Waals surface area contributed by atoms with Crippen molar-refractivity contribution < 1.29 is 11.7 Å². The number of hydrogen-bond acceptors (Lipinski definition) is 1. The van der Waals surface area contributed by atoms with E-state index in [-0.39, 0.29) is 5.92 Å². The molecule has 1 aliphatic rings. The van der Waals surface area contributed by atoms with Crippen LogP contribution in [0.1, 0.15) is 39.6 Å². The van der Waals surface area contributed by atoms with Crippen molar-refractivity contribution in [2.24, 2.45) is 13.0 Å². The van der Waals surface area contributed by atoms with E-state index in [1.165, 1.54) is 0 Å². The zero-order valence-corrected chi connectivity index (χ0v) is 20.1. The van der Waals surface area contributed by atoms with Gasteiger partial charge in [-0.3, -0.25) is 0 Å². The maximum Gasteiger partial charge on any atom is 0.216 e. The van der Waals surface area contributed by atoms with Gasteiger partial charge in [-0.2, -0.15) is 0 Å². The molecule has 2 aromatic heterocycles. The molecule has 35 heavy (non-hydrogen) atoms. The number of nitrogens with zero attached hydrogens (tertiary/aromatic N) is 2. The number of fused-ring (bicyclic) bond motifs is 3. The van der Waals surface area contributed by atoms with Gasteiger partial charge in [-0.25, -0.2) is 9.41 Å². The summed E-state index contributed by atoms with van der Waals surface area (Å²) in [6.07, 6.45) is 4.67. The predicted molar refractivity (Wildman–Crippen MR) is 142 cm³/mol. The molecule has 6 rings (SSSR count). The van der Waals surface area contributed by atoms with E-state index in [9.17, 15) is 0 Å². The minimum absolute atomic E-state index is 0.0524. The van der Waals surface area contributed by atoms with Gasteiger partial charge in [0.05, 0.1) is 12.1 Å². The molecule has 3 nitrogen and oxygen atoms in total. The van der Waals surface area contributed by atoms with Gasteiger partial charge in [0.1, 0.15) is 18.2 Å². The Labute approximate surface area is 209 Å². The molecule has 5 aromatic rings. The largest absolute Gasteiger partial charge is 0.456 e. The van der Waals surface area contributed by atoms with Crippen molar-refractivity contribution in [2.75, 3.05) is 0 Å². The third kappa shape index (κ3) is 3.70. The quantitative estimate of drug-likeness (QED) is 0.195. The van der Waals surface area contributed by atoms with Crippen molar-refractivity contribution in [2.45, 2.75) is 39.0 Å². The summed E-state index contributed by atoms with van der Waals surface area (Å²) in [6, 6.07) is 21.9. The average molecular weight is 460 g/mol. The van der Waals surface area contributed by atoms with Crippen LogP contribution in [0, 0.1) is 19.4 Å². The van der Waals surface area contributed by atoms with Gasteiger partial charge in [0.2, 0.25) is 5.69 Å². The molecule has 0 unspecified atom stereocenters. The highest BCUT2D eigenvalue weighted by Crippen LogP contribution is 2.44. The van der Waals surface area contributed by atoms with E-state index in [0.717, 1.165) is 75.5 Å². The molecule has 3 aromatic carbocycles. The van der Waals surface area contributed by atoms with E-state index in [2.05, 4.69) is 23.9 Å². The van der Waals surface area contributed by atoms with Gasteiger partial charge in [-0.15, -0.1) is 0 Å². The van der Waals surface area contributed by atoms with E-state index in [4.69, 9.17) is 13.7 Å². The van der Waals surface area contributed by atoms with Crippen LogP contribution < -0.4 is 4.57 Å². The van der Waals surface area contributed by atoms with Crippen LogP contribution in [0.25, 0.3) is 49.2 Å². The van der Waals surface area contributed by atoms with E-state index >= 15 is 0 Å². The van der Waals surface area contributed by atoms with Crippen LogP contribution in [-0.4, -0.2) is 0 Å². The van der Waals surface area contributed by atoms with Crippen molar-refractivity contribution in [1.82, 2.24) is 0 Å². The molecule has 0 saturated heterocycles. The van der Waals surface area contributed by atoms with Gasteiger partial charge >= 0.3 is 0 Å². The van der Waals surface area contributed by atoms with E-state index < -0.39 is 6.37 Å². The number of rotatable bonds is 4. The molecule has 1 fully saturated rings. The van der Waals surface area contributed by atoms with Gasteiger partial charge < -0.3 is 4.42 Å². The normalized spacial score (nSPS) is 15.3. The third-order valence-electron chi connectivity index (χ3n) is 7.31. The lowest BCUT2D eigenvalue weighted by molar-refractivity contribution is -0.660. The van der Waals surface area contributed by atoms with Gasteiger partial charge in [0.15, 0.2) is 11.9 Å². The first-order valence-electron chi connectivity index (χ1n) is 13.3. The summed E-state index contributed by atoms with van der Waals surface area (Å²) in [5.41, 5.74) is 7.47. The second-order valence-electron chi connectivity index (χ2n) is 9.59. The molecular weight excluding hydrogens is 428 g/mol. The highest BCUT2D eigenvalue weighted by Gasteiger charge is 2.24. The molecule has 2 heterocycles. The fourth-order valence-corrected chi connectivity index (χ4v) is 5.50. The number of benzene rings is 3. The van der Waals surface area contributed by atoms with E-state index in [1.54, 1.807) is 0 Å². The topological polar surface area (TPSA) is 21.4 Å². The Morgan fingerprint density at radius 1 is 0.971 bits per heavy atom. The summed E-state index contributed by atoms with van der Waals surface area (Å²) in [4.78, 5) is 3.80. The Balaban J connectivity index is 1.62. The second-order valence-corrected chi connectivity index (χ2v) is 9.59. The van der Waals surface area contributed by atoms with Crippen LogP contribution in [0.3, 0.4) is 0 Å². The van der Waals surface area contributed by atoms with Crippen LogP contribution in [0.5, 0.6) is 0 Å². The summed E-state index contributed by atoms with van der Waals surface area (Å²) in [5.74, 6) is 0.0524. The summed E-state index contributed by atoms with van der Waals surface area (Å²) in [5, 5.41) is 1.97. The van der Waals surface area contributed by atoms with Crippen molar-refractivity contribution in [1.29, 1.82) is 0 Å². The molecule has 1 aliphatic carbocycles. The minimum atomic E-state index is -1.37. The molecular formula is C32H29N2O+. The molecule has 0 spiro atoms. The lowest BCUT2D eigenvalue weighted by atomic mass is 9.95. The monoisotopic (exact) mass is 459 g/mol. The molecule has 0 radical (unpaired) electrons. The molecule has 3 heteroatoms.